The summed E-state index contributed by atoms with van der Waals surface area (Å²) in [5.74, 6) is 0.203. The molecule has 0 aliphatic heterocycles. The number of hydrogen-bond acceptors (Lipinski definition) is 3. The molecule has 0 spiro atoms. The molecule has 142 valence electrons. The van der Waals surface area contributed by atoms with Crippen LogP contribution in [0.15, 0.2) is 36.7 Å². The zero-order valence-electron chi connectivity index (χ0n) is 14.5. The van der Waals surface area contributed by atoms with Gasteiger partial charge in [0.25, 0.3) is 5.91 Å². The third kappa shape index (κ3) is 5.39. The largest absolute Gasteiger partial charge is 0.478 e. The van der Waals surface area contributed by atoms with Crippen molar-refractivity contribution in [3.05, 3.63) is 47.5 Å². The van der Waals surface area contributed by atoms with Gasteiger partial charge in [0.05, 0.1) is 6.54 Å². The minimum absolute atomic E-state index is 0.0741. The lowest BCUT2D eigenvalue weighted by molar-refractivity contribution is -0.145. The summed E-state index contributed by atoms with van der Waals surface area (Å²) in [6, 6.07) is 6.53. The molecule has 1 heterocycles. The van der Waals surface area contributed by atoms with Crippen molar-refractivity contribution in [2.45, 2.75) is 38.7 Å². The van der Waals surface area contributed by atoms with Gasteiger partial charge in [0.2, 0.25) is 0 Å². The SMILES string of the molecule is CN(Cc1nccn1CC(F)(F)F)C(=O)C(C)(C)Oc1ccc(Cl)cc1. The van der Waals surface area contributed by atoms with Crippen LogP contribution in [-0.2, 0) is 17.9 Å². The molecule has 0 radical (unpaired) electrons. The molecule has 9 heteroatoms. The van der Waals surface area contributed by atoms with E-state index in [1.165, 1.54) is 24.3 Å². The highest BCUT2D eigenvalue weighted by Gasteiger charge is 2.34. The van der Waals surface area contributed by atoms with Gasteiger partial charge in [-0.05, 0) is 38.1 Å². The molecule has 0 unspecified atom stereocenters. The molecular formula is C17H19ClF3N3O2. The zero-order valence-corrected chi connectivity index (χ0v) is 15.3. The molecule has 0 N–H and O–H groups in total. The molecule has 2 aromatic rings. The van der Waals surface area contributed by atoms with Gasteiger partial charge in [-0.1, -0.05) is 11.6 Å². The number of amides is 1. The summed E-state index contributed by atoms with van der Waals surface area (Å²) >= 11 is 5.82. The second-order valence-corrected chi connectivity index (χ2v) is 6.75. The van der Waals surface area contributed by atoms with Gasteiger partial charge >= 0.3 is 6.18 Å². The first-order valence-electron chi connectivity index (χ1n) is 7.75. The van der Waals surface area contributed by atoms with E-state index in [9.17, 15) is 18.0 Å². The molecule has 0 saturated heterocycles. The van der Waals surface area contributed by atoms with Crippen molar-refractivity contribution in [2.24, 2.45) is 0 Å². The Labute approximate surface area is 154 Å². The highest BCUT2D eigenvalue weighted by Crippen LogP contribution is 2.23. The van der Waals surface area contributed by atoms with Crippen LogP contribution in [0.2, 0.25) is 5.02 Å². The van der Waals surface area contributed by atoms with E-state index < -0.39 is 24.2 Å². The van der Waals surface area contributed by atoms with Crippen LogP contribution in [-0.4, -0.2) is 39.2 Å². The Kier molecular flexibility index (Phi) is 5.85. The number of hydrogen-bond donors (Lipinski definition) is 0. The number of carbonyl (C=O) groups is 1. The Bertz CT molecular complexity index is 757. The Morgan fingerprint density at radius 2 is 1.88 bits per heavy atom. The van der Waals surface area contributed by atoms with Crippen LogP contribution in [0, 0.1) is 0 Å². The van der Waals surface area contributed by atoms with Crippen molar-refractivity contribution in [2.75, 3.05) is 7.05 Å². The second-order valence-electron chi connectivity index (χ2n) is 6.31. The fourth-order valence-corrected chi connectivity index (χ4v) is 2.54. The molecule has 1 aromatic carbocycles. The highest BCUT2D eigenvalue weighted by molar-refractivity contribution is 6.30. The fraction of sp³-hybridized carbons (Fsp3) is 0.412. The lowest BCUT2D eigenvalue weighted by atomic mass is 10.1. The molecular weight excluding hydrogens is 371 g/mol. The van der Waals surface area contributed by atoms with E-state index in [4.69, 9.17) is 16.3 Å². The van der Waals surface area contributed by atoms with Gasteiger partial charge in [-0.15, -0.1) is 0 Å². The number of aromatic nitrogens is 2. The van der Waals surface area contributed by atoms with Gasteiger partial charge < -0.3 is 14.2 Å². The Morgan fingerprint density at radius 3 is 2.46 bits per heavy atom. The van der Waals surface area contributed by atoms with Gasteiger partial charge in [-0.25, -0.2) is 4.98 Å². The van der Waals surface area contributed by atoms with Crippen LogP contribution in [0.5, 0.6) is 5.75 Å². The zero-order chi connectivity index (χ0) is 19.5. The van der Waals surface area contributed by atoms with Crippen LogP contribution in [0.4, 0.5) is 13.2 Å². The van der Waals surface area contributed by atoms with Gasteiger partial charge in [-0.2, -0.15) is 13.2 Å². The second kappa shape index (κ2) is 7.57. The van der Waals surface area contributed by atoms with Crippen LogP contribution < -0.4 is 4.74 Å². The molecule has 26 heavy (non-hydrogen) atoms. The van der Waals surface area contributed by atoms with Crippen molar-refractivity contribution in [1.82, 2.24) is 14.5 Å². The van der Waals surface area contributed by atoms with Crippen LogP contribution in [0.3, 0.4) is 0 Å². The summed E-state index contributed by atoms with van der Waals surface area (Å²) in [6.07, 6.45) is -1.86. The van der Waals surface area contributed by atoms with E-state index in [1.807, 2.05) is 0 Å². The van der Waals surface area contributed by atoms with Crippen LogP contribution in [0.25, 0.3) is 0 Å². The first kappa shape index (κ1) is 20.1. The number of carbonyl (C=O) groups excluding carboxylic acids is 1. The molecule has 5 nitrogen and oxygen atoms in total. The third-order valence-corrected chi connectivity index (χ3v) is 3.83. The summed E-state index contributed by atoms with van der Waals surface area (Å²) in [4.78, 5) is 17.9. The number of imidazole rings is 1. The van der Waals surface area contributed by atoms with Gasteiger partial charge in [-0.3, -0.25) is 4.79 Å². The van der Waals surface area contributed by atoms with Crippen LogP contribution >= 0.6 is 11.6 Å². The van der Waals surface area contributed by atoms with Crippen molar-refractivity contribution < 1.29 is 22.7 Å². The van der Waals surface area contributed by atoms with E-state index in [2.05, 4.69) is 4.98 Å². The molecule has 2 rings (SSSR count). The lowest BCUT2D eigenvalue weighted by Gasteiger charge is -2.30. The maximum atomic E-state index is 12.7. The van der Waals surface area contributed by atoms with E-state index >= 15 is 0 Å². The van der Waals surface area contributed by atoms with E-state index in [1.54, 1.807) is 38.1 Å². The molecule has 1 amide bonds. The predicted molar refractivity (Wildman–Crippen MR) is 90.9 cm³/mol. The molecule has 0 bridgehead atoms. The normalized spacial score (nSPS) is 12.1. The third-order valence-electron chi connectivity index (χ3n) is 3.58. The van der Waals surface area contributed by atoms with Gasteiger partial charge in [0.1, 0.15) is 18.1 Å². The molecule has 0 fully saturated rings. The summed E-state index contributed by atoms with van der Waals surface area (Å²) in [6.45, 7) is 1.94. The van der Waals surface area contributed by atoms with Gasteiger partial charge in [0, 0.05) is 24.5 Å². The minimum Gasteiger partial charge on any atom is -0.478 e. The monoisotopic (exact) mass is 389 g/mol. The molecule has 0 saturated carbocycles. The number of likely N-dealkylation sites (N-methyl/N-ethyl adjacent to an activating group) is 1. The highest BCUT2D eigenvalue weighted by atomic mass is 35.5. The fourth-order valence-electron chi connectivity index (χ4n) is 2.41. The minimum atomic E-state index is -4.37. The molecule has 0 aliphatic carbocycles. The maximum absolute atomic E-state index is 12.7. The number of alkyl halides is 3. The van der Waals surface area contributed by atoms with Crippen molar-refractivity contribution in [3.63, 3.8) is 0 Å². The predicted octanol–water partition coefficient (Wildman–Crippen LogP) is 3.91. The summed E-state index contributed by atoms with van der Waals surface area (Å²) in [7, 11) is 1.49. The molecule has 0 aliphatic rings. The average molecular weight is 390 g/mol. The summed E-state index contributed by atoms with van der Waals surface area (Å²) in [5, 5.41) is 0.537. The van der Waals surface area contributed by atoms with E-state index in [0.717, 1.165) is 4.57 Å². The summed E-state index contributed by atoms with van der Waals surface area (Å²) in [5.41, 5.74) is -1.22. The standard InChI is InChI=1S/C17H19ClF3N3O2/c1-16(2,26-13-6-4-12(18)5-7-13)15(25)23(3)10-14-22-8-9-24(14)11-17(19,20)21/h4-9H,10-11H2,1-3H3. The number of rotatable bonds is 6. The molecule has 0 atom stereocenters. The quantitative estimate of drug-likeness (QED) is 0.752. The topological polar surface area (TPSA) is 47.4 Å². The van der Waals surface area contributed by atoms with Crippen molar-refractivity contribution in [3.8, 4) is 5.75 Å². The number of ether oxygens (including phenoxy) is 1. The maximum Gasteiger partial charge on any atom is 0.406 e. The smallest absolute Gasteiger partial charge is 0.406 e. The molecule has 1 aromatic heterocycles. The Hall–Kier alpha value is -2.22. The van der Waals surface area contributed by atoms with Crippen molar-refractivity contribution >= 4 is 17.5 Å². The first-order chi connectivity index (χ1) is 12.0. The van der Waals surface area contributed by atoms with Crippen LogP contribution in [0.1, 0.15) is 19.7 Å². The van der Waals surface area contributed by atoms with E-state index in [0.29, 0.717) is 10.8 Å². The lowest BCUT2D eigenvalue weighted by Crippen LogP contribution is -2.47. The average Bonchev–Trinajstić information content (AvgIpc) is 2.93. The number of halogens is 4. The van der Waals surface area contributed by atoms with Gasteiger partial charge in [0.15, 0.2) is 5.60 Å². The first-order valence-corrected chi connectivity index (χ1v) is 8.12. The Morgan fingerprint density at radius 1 is 1.27 bits per heavy atom. The number of benzene rings is 1. The Balaban J connectivity index is 2.06. The summed E-state index contributed by atoms with van der Waals surface area (Å²) < 4.78 is 44.5. The van der Waals surface area contributed by atoms with E-state index in [-0.39, 0.29) is 12.4 Å². The number of nitrogens with zero attached hydrogens (tertiary/aromatic N) is 3. The van der Waals surface area contributed by atoms with Crippen molar-refractivity contribution in [1.29, 1.82) is 0 Å².